The van der Waals surface area contributed by atoms with E-state index < -0.39 is 5.91 Å². The molecule has 0 aliphatic rings. The number of carbonyl (C=O) groups excluding carboxylic acids is 1. The smallest absolute Gasteiger partial charge is 0.274 e. The third kappa shape index (κ3) is 3.08. The number of carbonyl (C=O) groups is 1. The number of hydroxylamine groups is 1. The molecule has 98 valence electrons. The van der Waals surface area contributed by atoms with Gasteiger partial charge in [0, 0.05) is 5.56 Å². The summed E-state index contributed by atoms with van der Waals surface area (Å²) in [5, 5.41) is 8.58. The first-order valence-electron chi connectivity index (χ1n) is 5.58. The van der Waals surface area contributed by atoms with Crippen molar-refractivity contribution in [2.75, 3.05) is 0 Å². The van der Waals surface area contributed by atoms with Crippen LogP contribution in [-0.4, -0.2) is 11.1 Å². The zero-order valence-corrected chi connectivity index (χ0v) is 10.2. The summed E-state index contributed by atoms with van der Waals surface area (Å²) in [6.07, 6.45) is 0. The maximum Gasteiger partial charge on any atom is 0.274 e. The van der Waals surface area contributed by atoms with E-state index in [-0.39, 0.29) is 5.82 Å². The Morgan fingerprint density at radius 1 is 1.16 bits per heavy atom. The van der Waals surface area contributed by atoms with Gasteiger partial charge in [-0.05, 0) is 55.0 Å². The summed E-state index contributed by atoms with van der Waals surface area (Å²) < 4.78 is 18.3. The van der Waals surface area contributed by atoms with Gasteiger partial charge in [0.1, 0.15) is 17.3 Å². The lowest BCUT2D eigenvalue weighted by atomic mass is 10.1. The molecular weight excluding hydrogens is 249 g/mol. The van der Waals surface area contributed by atoms with Gasteiger partial charge in [-0.2, -0.15) is 0 Å². The first-order chi connectivity index (χ1) is 9.10. The molecule has 0 saturated carbocycles. The Bertz CT molecular complexity index is 596. The molecule has 1 amide bonds. The highest BCUT2D eigenvalue weighted by Crippen LogP contribution is 2.24. The minimum atomic E-state index is -0.578. The Hall–Kier alpha value is -2.40. The summed E-state index contributed by atoms with van der Waals surface area (Å²) in [6.45, 7) is 1.72. The van der Waals surface area contributed by atoms with Gasteiger partial charge in [0.25, 0.3) is 5.91 Å². The van der Waals surface area contributed by atoms with Gasteiger partial charge in [0.2, 0.25) is 0 Å². The van der Waals surface area contributed by atoms with Crippen LogP contribution >= 0.6 is 0 Å². The number of ether oxygens (including phenoxy) is 1. The van der Waals surface area contributed by atoms with Crippen molar-refractivity contribution in [3.05, 3.63) is 59.4 Å². The lowest BCUT2D eigenvalue weighted by molar-refractivity contribution is 0.0705. The summed E-state index contributed by atoms with van der Waals surface area (Å²) in [5.74, 6) is 0.114. The van der Waals surface area contributed by atoms with E-state index in [0.717, 1.165) is 0 Å². The molecule has 2 rings (SSSR count). The van der Waals surface area contributed by atoms with Crippen molar-refractivity contribution in [3.8, 4) is 11.5 Å². The van der Waals surface area contributed by atoms with Crippen LogP contribution in [0.4, 0.5) is 4.39 Å². The summed E-state index contributed by atoms with van der Waals surface area (Å²) in [5.41, 5.74) is 2.59. The van der Waals surface area contributed by atoms with E-state index in [1.165, 1.54) is 24.3 Å². The Morgan fingerprint density at radius 2 is 1.79 bits per heavy atom. The summed E-state index contributed by atoms with van der Waals surface area (Å²) in [4.78, 5) is 11.3. The molecule has 0 aliphatic heterocycles. The average Bonchev–Trinajstić information content (AvgIpc) is 2.41. The SMILES string of the molecule is Cc1cc(Oc2ccc(F)cc2)ccc1C(=O)NO. The van der Waals surface area contributed by atoms with Crippen LogP contribution in [0.1, 0.15) is 15.9 Å². The first-order valence-corrected chi connectivity index (χ1v) is 5.58. The predicted molar refractivity (Wildman–Crippen MR) is 66.9 cm³/mol. The molecular formula is C14H12FNO3. The van der Waals surface area contributed by atoms with Crippen molar-refractivity contribution in [1.82, 2.24) is 5.48 Å². The van der Waals surface area contributed by atoms with E-state index in [9.17, 15) is 9.18 Å². The summed E-state index contributed by atoms with van der Waals surface area (Å²) >= 11 is 0. The van der Waals surface area contributed by atoms with Crippen LogP contribution < -0.4 is 10.2 Å². The van der Waals surface area contributed by atoms with Gasteiger partial charge < -0.3 is 4.74 Å². The first kappa shape index (κ1) is 13.0. The Morgan fingerprint density at radius 3 is 2.37 bits per heavy atom. The largest absolute Gasteiger partial charge is 0.457 e. The molecule has 0 atom stereocenters. The van der Waals surface area contributed by atoms with E-state index >= 15 is 0 Å². The fourth-order valence-electron chi connectivity index (χ4n) is 1.65. The monoisotopic (exact) mass is 261 g/mol. The van der Waals surface area contributed by atoms with Gasteiger partial charge in [-0.15, -0.1) is 0 Å². The third-order valence-electron chi connectivity index (χ3n) is 2.59. The molecule has 2 N–H and O–H groups in total. The molecule has 0 bridgehead atoms. The number of aryl methyl sites for hydroxylation is 1. The van der Waals surface area contributed by atoms with Crippen molar-refractivity contribution in [2.45, 2.75) is 6.92 Å². The van der Waals surface area contributed by atoms with E-state index in [0.29, 0.717) is 22.6 Å². The molecule has 0 aromatic heterocycles. The van der Waals surface area contributed by atoms with Crippen LogP contribution in [0.5, 0.6) is 11.5 Å². The number of hydrogen-bond acceptors (Lipinski definition) is 3. The number of halogens is 1. The zero-order chi connectivity index (χ0) is 13.8. The molecule has 0 radical (unpaired) electrons. The van der Waals surface area contributed by atoms with Crippen molar-refractivity contribution in [1.29, 1.82) is 0 Å². The molecule has 5 heteroatoms. The van der Waals surface area contributed by atoms with Gasteiger partial charge in [0.05, 0.1) is 0 Å². The lowest BCUT2D eigenvalue weighted by Crippen LogP contribution is -2.19. The van der Waals surface area contributed by atoms with Crippen LogP contribution in [0.15, 0.2) is 42.5 Å². The van der Waals surface area contributed by atoms with E-state index in [1.54, 1.807) is 30.6 Å². The lowest BCUT2D eigenvalue weighted by Gasteiger charge is -2.08. The average molecular weight is 261 g/mol. The predicted octanol–water partition coefficient (Wildman–Crippen LogP) is 3.05. The van der Waals surface area contributed by atoms with E-state index in [1.807, 2.05) is 0 Å². The normalized spacial score (nSPS) is 10.1. The molecule has 2 aromatic rings. The van der Waals surface area contributed by atoms with E-state index in [2.05, 4.69) is 0 Å². The minimum absolute atomic E-state index is 0.335. The highest BCUT2D eigenvalue weighted by atomic mass is 19.1. The highest BCUT2D eigenvalue weighted by molar-refractivity contribution is 5.94. The molecule has 4 nitrogen and oxygen atoms in total. The second-order valence-corrected chi connectivity index (χ2v) is 3.97. The van der Waals surface area contributed by atoms with Crippen LogP contribution in [0.3, 0.4) is 0 Å². The topological polar surface area (TPSA) is 58.6 Å². The van der Waals surface area contributed by atoms with Crippen LogP contribution in [0, 0.1) is 12.7 Å². The number of rotatable bonds is 3. The van der Waals surface area contributed by atoms with Gasteiger partial charge in [-0.1, -0.05) is 0 Å². The fraction of sp³-hybridized carbons (Fsp3) is 0.0714. The maximum absolute atomic E-state index is 12.7. The van der Waals surface area contributed by atoms with Crippen molar-refractivity contribution >= 4 is 5.91 Å². The van der Waals surface area contributed by atoms with Crippen LogP contribution in [-0.2, 0) is 0 Å². The number of hydrogen-bond donors (Lipinski definition) is 2. The summed E-state index contributed by atoms with van der Waals surface area (Å²) in [7, 11) is 0. The standard InChI is InChI=1S/C14H12FNO3/c1-9-8-12(6-7-13(9)14(17)16-18)19-11-4-2-10(15)3-5-11/h2-8,18H,1H3,(H,16,17). The molecule has 0 saturated heterocycles. The second kappa shape index (κ2) is 5.49. The zero-order valence-electron chi connectivity index (χ0n) is 10.2. The maximum atomic E-state index is 12.7. The third-order valence-corrected chi connectivity index (χ3v) is 2.59. The Labute approximate surface area is 109 Å². The molecule has 19 heavy (non-hydrogen) atoms. The second-order valence-electron chi connectivity index (χ2n) is 3.97. The number of amides is 1. The molecule has 0 aliphatic carbocycles. The van der Waals surface area contributed by atoms with Crippen LogP contribution in [0.25, 0.3) is 0 Å². The minimum Gasteiger partial charge on any atom is -0.457 e. The molecule has 2 aromatic carbocycles. The van der Waals surface area contributed by atoms with Crippen molar-refractivity contribution in [3.63, 3.8) is 0 Å². The molecule has 0 unspecified atom stereocenters. The van der Waals surface area contributed by atoms with Gasteiger partial charge >= 0.3 is 0 Å². The van der Waals surface area contributed by atoms with Gasteiger partial charge in [-0.3, -0.25) is 10.0 Å². The molecule has 0 spiro atoms. The van der Waals surface area contributed by atoms with E-state index in [4.69, 9.17) is 9.94 Å². The molecule has 0 fully saturated rings. The fourth-order valence-corrected chi connectivity index (χ4v) is 1.65. The van der Waals surface area contributed by atoms with Gasteiger partial charge in [-0.25, -0.2) is 9.87 Å². The quantitative estimate of drug-likeness (QED) is 0.659. The Kier molecular flexibility index (Phi) is 3.77. The van der Waals surface area contributed by atoms with Crippen LogP contribution in [0.2, 0.25) is 0 Å². The number of nitrogens with one attached hydrogen (secondary N) is 1. The summed E-state index contributed by atoms with van der Waals surface area (Å²) in [6, 6.07) is 10.4. The number of benzene rings is 2. The highest BCUT2D eigenvalue weighted by Gasteiger charge is 2.09. The Balaban J connectivity index is 2.20. The van der Waals surface area contributed by atoms with Crippen molar-refractivity contribution in [2.24, 2.45) is 0 Å². The van der Waals surface area contributed by atoms with Crippen molar-refractivity contribution < 1.29 is 19.1 Å². The van der Waals surface area contributed by atoms with Gasteiger partial charge in [0.15, 0.2) is 0 Å². The molecule has 0 heterocycles.